The summed E-state index contributed by atoms with van der Waals surface area (Å²) in [7, 11) is 0. The molecular weight excluding hydrogens is 276 g/mol. The summed E-state index contributed by atoms with van der Waals surface area (Å²) in [6, 6.07) is 7.16. The SMILES string of the molecule is CC(O)C(NC(=O)CCNC(=O)c1ccccc1)C(=O)O. The number of aliphatic hydroxyl groups is 1. The van der Waals surface area contributed by atoms with E-state index in [2.05, 4.69) is 10.6 Å². The highest BCUT2D eigenvalue weighted by atomic mass is 16.4. The van der Waals surface area contributed by atoms with E-state index in [0.717, 1.165) is 0 Å². The van der Waals surface area contributed by atoms with Crippen molar-refractivity contribution in [3.05, 3.63) is 35.9 Å². The lowest BCUT2D eigenvalue weighted by atomic mass is 10.2. The van der Waals surface area contributed by atoms with Crippen LogP contribution in [0.2, 0.25) is 0 Å². The molecule has 114 valence electrons. The van der Waals surface area contributed by atoms with Crippen LogP contribution in [-0.2, 0) is 9.59 Å². The Labute approximate surface area is 122 Å². The molecule has 0 aromatic heterocycles. The minimum absolute atomic E-state index is 0.0743. The molecule has 2 unspecified atom stereocenters. The third-order valence-corrected chi connectivity index (χ3v) is 2.74. The molecule has 0 bridgehead atoms. The number of nitrogens with one attached hydrogen (secondary N) is 2. The van der Waals surface area contributed by atoms with Crippen molar-refractivity contribution in [2.75, 3.05) is 6.54 Å². The van der Waals surface area contributed by atoms with Crippen molar-refractivity contribution >= 4 is 17.8 Å². The van der Waals surface area contributed by atoms with Gasteiger partial charge in [0, 0.05) is 18.5 Å². The Balaban J connectivity index is 2.37. The number of carbonyl (C=O) groups is 3. The van der Waals surface area contributed by atoms with Crippen molar-refractivity contribution < 1.29 is 24.6 Å². The molecule has 4 N–H and O–H groups in total. The summed E-state index contributed by atoms with van der Waals surface area (Å²) in [5.74, 6) is -2.18. The van der Waals surface area contributed by atoms with Crippen LogP contribution in [0.25, 0.3) is 0 Å². The van der Waals surface area contributed by atoms with Gasteiger partial charge >= 0.3 is 5.97 Å². The monoisotopic (exact) mass is 294 g/mol. The van der Waals surface area contributed by atoms with Gasteiger partial charge in [0.25, 0.3) is 5.91 Å². The highest BCUT2D eigenvalue weighted by molar-refractivity contribution is 5.94. The van der Waals surface area contributed by atoms with E-state index in [0.29, 0.717) is 5.56 Å². The van der Waals surface area contributed by atoms with Gasteiger partial charge in [0.05, 0.1) is 6.10 Å². The fourth-order valence-electron chi connectivity index (χ4n) is 1.62. The number of amides is 2. The van der Waals surface area contributed by atoms with Gasteiger partial charge in [-0.25, -0.2) is 4.79 Å². The molecule has 1 aromatic carbocycles. The second-order valence-electron chi connectivity index (χ2n) is 4.50. The predicted octanol–water partition coefficient (Wildman–Crippen LogP) is -0.243. The average molecular weight is 294 g/mol. The normalized spacial score (nSPS) is 13.0. The lowest BCUT2D eigenvalue weighted by Gasteiger charge is -2.17. The van der Waals surface area contributed by atoms with Crippen molar-refractivity contribution in [1.82, 2.24) is 10.6 Å². The molecule has 1 rings (SSSR count). The first-order valence-electron chi connectivity index (χ1n) is 6.45. The summed E-state index contributed by atoms with van der Waals surface area (Å²) in [4.78, 5) is 34.0. The van der Waals surface area contributed by atoms with Crippen molar-refractivity contribution in [3.63, 3.8) is 0 Å². The Hall–Kier alpha value is -2.41. The van der Waals surface area contributed by atoms with Crippen LogP contribution >= 0.6 is 0 Å². The minimum atomic E-state index is -1.36. The van der Waals surface area contributed by atoms with Crippen LogP contribution < -0.4 is 10.6 Å². The predicted molar refractivity (Wildman–Crippen MR) is 74.6 cm³/mol. The molecule has 2 atom stereocenters. The summed E-state index contributed by atoms with van der Waals surface area (Å²) < 4.78 is 0. The Bertz CT molecular complexity index is 501. The second kappa shape index (κ2) is 8.01. The van der Waals surface area contributed by atoms with Crippen LogP contribution in [0, 0.1) is 0 Å². The number of carboxylic acid groups (broad SMARTS) is 1. The number of benzene rings is 1. The van der Waals surface area contributed by atoms with Gasteiger partial charge in [-0.2, -0.15) is 0 Å². The molecule has 0 aliphatic rings. The molecule has 0 saturated heterocycles. The average Bonchev–Trinajstić information content (AvgIpc) is 2.45. The highest BCUT2D eigenvalue weighted by Crippen LogP contribution is 1.98. The van der Waals surface area contributed by atoms with Gasteiger partial charge in [-0.15, -0.1) is 0 Å². The first kappa shape index (κ1) is 16.6. The zero-order valence-corrected chi connectivity index (χ0v) is 11.6. The summed E-state index contributed by atoms with van der Waals surface area (Å²) in [5, 5.41) is 22.8. The number of rotatable bonds is 7. The summed E-state index contributed by atoms with van der Waals surface area (Å²) in [6.07, 6.45) is -1.28. The van der Waals surface area contributed by atoms with Crippen LogP contribution in [0.15, 0.2) is 30.3 Å². The van der Waals surface area contributed by atoms with Crippen molar-refractivity contribution in [2.24, 2.45) is 0 Å². The maximum absolute atomic E-state index is 11.7. The van der Waals surface area contributed by atoms with Crippen LogP contribution in [0.4, 0.5) is 0 Å². The van der Waals surface area contributed by atoms with E-state index in [1.807, 2.05) is 0 Å². The molecule has 7 nitrogen and oxygen atoms in total. The molecule has 21 heavy (non-hydrogen) atoms. The van der Waals surface area contributed by atoms with Gasteiger partial charge in [0.15, 0.2) is 6.04 Å². The lowest BCUT2D eigenvalue weighted by molar-refractivity contribution is -0.144. The van der Waals surface area contributed by atoms with Crippen LogP contribution in [0.1, 0.15) is 23.7 Å². The molecule has 0 radical (unpaired) electrons. The molecular formula is C14H18N2O5. The fraction of sp³-hybridized carbons (Fsp3) is 0.357. The standard InChI is InChI=1S/C14H18N2O5/c1-9(17)12(14(20)21)16-11(18)7-8-15-13(19)10-5-3-2-4-6-10/h2-6,9,12,17H,7-8H2,1H3,(H,15,19)(H,16,18)(H,20,21). The smallest absolute Gasteiger partial charge is 0.328 e. The van der Waals surface area contributed by atoms with E-state index >= 15 is 0 Å². The lowest BCUT2D eigenvalue weighted by Crippen LogP contribution is -2.48. The van der Waals surface area contributed by atoms with E-state index in [1.54, 1.807) is 30.3 Å². The van der Waals surface area contributed by atoms with Crippen molar-refractivity contribution in [1.29, 1.82) is 0 Å². The molecule has 0 aliphatic heterocycles. The number of hydrogen-bond donors (Lipinski definition) is 4. The Kier molecular flexibility index (Phi) is 6.35. The van der Waals surface area contributed by atoms with Gasteiger partial charge in [-0.05, 0) is 19.1 Å². The molecule has 0 fully saturated rings. The zero-order valence-electron chi connectivity index (χ0n) is 11.6. The maximum atomic E-state index is 11.7. The van der Waals surface area contributed by atoms with E-state index in [9.17, 15) is 19.5 Å². The van der Waals surface area contributed by atoms with Crippen molar-refractivity contribution in [3.8, 4) is 0 Å². The van der Waals surface area contributed by atoms with Crippen LogP contribution in [-0.4, -0.2) is 46.7 Å². The van der Waals surface area contributed by atoms with Gasteiger partial charge in [-0.1, -0.05) is 18.2 Å². The molecule has 0 saturated carbocycles. The number of aliphatic hydroxyl groups excluding tert-OH is 1. The van der Waals surface area contributed by atoms with E-state index in [-0.39, 0.29) is 18.9 Å². The van der Waals surface area contributed by atoms with Gasteiger partial charge < -0.3 is 20.8 Å². The first-order valence-corrected chi connectivity index (χ1v) is 6.45. The number of carbonyl (C=O) groups excluding carboxylic acids is 2. The molecule has 0 spiro atoms. The Morgan fingerprint density at radius 1 is 1.19 bits per heavy atom. The molecule has 1 aromatic rings. The summed E-state index contributed by atoms with van der Waals surface area (Å²) in [5.41, 5.74) is 0.477. The molecule has 2 amide bonds. The van der Waals surface area contributed by atoms with Crippen molar-refractivity contribution in [2.45, 2.75) is 25.5 Å². The topological polar surface area (TPSA) is 116 Å². The summed E-state index contributed by atoms with van der Waals surface area (Å²) >= 11 is 0. The van der Waals surface area contributed by atoms with E-state index < -0.39 is 24.0 Å². The van der Waals surface area contributed by atoms with Crippen LogP contribution in [0.5, 0.6) is 0 Å². The largest absolute Gasteiger partial charge is 0.480 e. The maximum Gasteiger partial charge on any atom is 0.328 e. The third kappa shape index (κ3) is 5.62. The first-order chi connectivity index (χ1) is 9.91. The van der Waals surface area contributed by atoms with Crippen LogP contribution in [0.3, 0.4) is 0 Å². The quantitative estimate of drug-likeness (QED) is 0.554. The minimum Gasteiger partial charge on any atom is -0.480 e. The molecule has 0 heterocycles. The summed E-state index contributed by atoms with van der Waals surface area (Å²) in [6.45, 7) is 1.35. The number of aliphatic carboxylic acids is 1. The number of hydrogen-bond acceptors (Lipinski definition) is 4. The highest BCUT2D eigenvalue weighted by Gasteiger charge is 2.24. The zero-order chi connectivity index (χ0) is 15.8. The number of carboxylic acids is 1. The second-order valence-corrected chi connectivity index (χ2v) is 4.50. The Morgan fingerprint density at radius 3 is 2.33 bits per heavy atom. The third-order valence-electron chi connectivity index (χ3n) is 2.74. The fourth-order valence-corrected chi connectivity index (χ4v) is 1.62. The Morgan fingerprint density at radius 2 is 1.81 bits per heavy atom. The van der Waals surface area contributed by atoms with E-state index in [4.69, 9.17) is 5.11 Å². The molecule has 7 heteroatoms. The van der Waals surface area contributed by atoms with E-state index in [1.165, 1.54) is 6.92 Å². The van der Waals surface area contributed by atoms with Gasteiger partial charge in [-0.3, -0.25) is 9.59 Å². The van der Waals surface area contributed by atoms with Gasteiger partial charge in [0.1, 0.15) is 0 Å². The van der Waals surface area contributed by atoms with Gasteiger partial charge in [0.2, 0.25) is 5.91 Å². The molecule has 0 aliphatic carbocycles.